The first-order chi connectivity index (χ1) is 16.6. The van der Waals surface area contributed by atoms with Crippen LogP contribution in [-0.4, -0.2) is 39.7 Å². The minimum atomic E-state index is -1.01. The Kier molecular flexibility index (Phi) is 6.27. The molecule has 4 rings (SSSR count). The number of hydrogen-bond donors (Lipinski definition) is 2. The maximum atomic E-state index is 13.4. The van der Waals surface area contributed by atoms with Gasteiger partial charge in [0.15, 0.2) is 5.11 Å². The van der Waals surface area contributed by atoms with Crippen molar-refractivity contribution in [3.63, 3.8) is 0 Å². The monoisotopic (exact) mass is 489 g/mol. The van der Waals surface area contributed by atoms with Gasteiger partial charge in [-0.1, -0.05) is 6.07 Å². The number of ether oxygens (including phenoxy) is 1. The number of aromatic nitrogens is 1. The van der Waals surface area contributed by atoms with E-state index >= 15 is 0 Å². The molecule has 3 aromatic rings. The highest BCUT2D eigenvalue weighted by molar-refractivity contribution is 7.80. The van der Waals surface area contributed by atoms with Gasteiger partial charge in [-0.3, -0.25) is 19.8 Å². The summed E-state index contributed by atoms with van der Waals surface area (Å²) in [6.45, 7) is 5.48. The van der Waals surface area contributed by atoms with E-state index in [1.165, 1.54) is 11.0 Å². The van der Waals surface area contributed by atoms with Crippen molar-refractivity contribution in [2.45, 2.75) is 20.8 Å². The number of thiocarbonyl (C=S) groups is 1. The van der Waals surface area contributed by atoms with Crippen LogP contribution < -0.4 is 15.0 Å². The van der Waals surface area contributed by atoms with Gasteiger partial charge < -0.3 is 14.4 Å². The molecule has 1 saturated heterocycles. The van der Waals surface area contributed by atoms with E-state index in [4.69, 9.17) is 17.0 Å². The minimum Gasteiger partial charge on any atom is -0.497 e. The number of aromatic carboxylic acids is 1. The summed E-state index contributed by atoms with van der Waals surface area (Å²) in [6.07, 6.45) is 1.53. The van der Waals surface area contributed by atoms with Gasteiger partial charge in [0.2, 0.25) is 0 Å². The Bertz CT molecular complexity index is 1420. The van der Waals surface area contributed by atoms with Crippen LogP contribution in [0.2, 0.25) is 0 Å². The number of anilines is 1. The Labute approximate surface area is 207 Å². The van der Waals surface area contributed by atoms with Crippen LogP contribution in [0, 0.1) is 20.8 Å². The van der Waals surface area contributed by atoms with Gasteiger partial charge in [0, 0.05) is 17.1 Å². The Balaban J connectivity index is 1.77. The summed E-state index contributed by atoms with van der Waals surface area (Å²) < 4.78 is 7.08. The van der Waals surface area contributed by atoms with Crippen molar-refractivity contribution < 1.29 is 24.2 Å². The van der Waals surface area contributed by atoms with E-state index in [1.807, 2.05) is 30.5 Å². The van der Waals surface area contributed by atoms with Crippen molar-refractivity contribution >= 4 is 46.9 Å². The highest BCUT2D eigenvalue weighted by atomic mass is 32.1. The van der Waals surface area contributed by atoms with Crippen molar-refractivity contribution in [1.82, 2.24) is 9.88 Å². The molecule has 0 bridgehead atoms. The fraction of sp³-hybridized carbons (Fsp3) is 0.154. The third kappa shape index (κ3) is 4.22. The number of benzene rings is 2. The molecular formula is C26H23N3O5S. The number of aryl methyl sites for hydroxylation is 1. The van der Waals surface area contributed by atoms with Crippen LogP contribution in [0.15, 0.2) is 54.1 Å². The molecule has 0 saturated carbocycles. The van der Waals surface area contributed by atoms with Gasteiger partial charge in [0.05, 0.1) is 18.4 Å². The molecule has 1 fully saturated rings. The second-order valence-electron chi connectivity index (χ2n) is 8.07. The number of carbonyl (C=O) groups is 3. The molecule has 1 aliphatic heterocycles. The number of amides is 2. The van der Waals surface area contributed by atoms with Crippen molar-refractivity contribution in [2.75, 3.05) is 12.0 Å². The van der Waals surface area contributed by atoms with Crippen molar-refractivity contribution in [3.05, 3.63) is 82.2 Å². The molecule has 0 unspecified atom stereocenters. The van der Waals surface area contributed by atoms with Crippen molar-refractivity contribution in [2.24, 2.45) is 0 Å². The number of carboxylic acids is 1. The largest absolute Gasteiger partial charge is 0.497 e. The predicted molar refractivity (Wildman–Crippen MR) is 136 cm³/mol. The maximum Gasteiger partial charge on any atom is 0.336 e. The molecule has 2 heterocycles. The van der Waals surface area contributed by atoms with Crippen LogP contribution in [0.4, 0.5) is 5.69 Å². The summed E-state index contributed by atoms with van der Waals surface area (Å²) in [4.78, 5) is 39.0. The standard InChI is InChI=1S/C26H23N3O5S/c1-14-12-17(16(3)28(14)22-7-5-6-20(15(22)2)25(32)33)13-21-23(30)27-26(35)29(24(21)31)18-8-10-19(34-4)11-9-18/h5-13H,1-4H3,(H,32,33)(H,27,30,35)/b21-13-. The normalized spacial score (nSPS) is 14.9. The number of nitrogens with zero attached hydrogens (tertiary/aromatic N) is 2. The number of rotatable bonds is 5. The molecule has 178 valence electrons. The van der Waals surface area contributed by atoms with Crippen LogP contribution in [0.1, 0.15) is 32.9 Å². The second-order valence-corrected chi connectivity index (χ2v) is 8.46. The van der Waals surface area contributed by atoms with Gasteiger partial charge in [-0.15, -0.1) is 0 Å². The summed E-state index contributed by atoms with van der Waals surface area (Å²) in [7, 11) is 1.54. The molecule has 1 aliphatic rings. The summed E-state index contributed by atoms with van der Waals surface area (Å²) >= 11 is 5.27. The first-order valence-corrected chi connectivity index (χ1v) is 11.1. The van der Waals surface area contributed by atoms with E-state index in [-0.39, 0.29) is 16.2 Å². The maximum absolute atomic E-state index is 13.4. The van der Waals surface area contributed by atoms with Crippen molar-refractivity contribution in [3.8, 4) is 11.4 Å². The molecular weight excluding hydrogens is 466 g/mol. The zero-order chi connectivity index (χ0) is 25.4. The lowest BCUT2D eigenvalue weighted by Gasteiger charge is -2.29. The Morgan fingerprint density at radius 1 is 1.09 bits per heavy atom. The lowest BCUT2D eigenvalue weighted by atomic mass is 10.1. The SMILES string of the molecule is COc1ccc(N2C(=O)/C(=C\c3cc(C)n(-c4cccc(C(=O)O)c4C)c3C)C(=O)NC2=S)cc1. The number of methoxy groups -OCH3 is 1. The molecule has 8 nitrogen and oxygen atoms in total. The quantitative estimate of drug-likeness (QED) is 0.320. The average Bonchev–Trinajstić information content (AvgIpc) is 3.09. The van der Waals surface area contributed by atoms with E-state index in [2.05, 4.69) is 5.32 Å². The topological polar surface area (TPSA) is 101 Å². The molecule has 0 aliphatic carbocycles. The first kappa shape index (κ1) is 23.9. The van der Waals surface area contributed by atoms with E-state index in [1.54, 1.807) is 50.4 Å². The van der Waals surface area contributed by atoms with Gasteiger partial charge in [0.25, 0.3) is 11.8 Å². The summed E-state index contributed by atoms with van der Waals surface area (Å²) in [6, 6.07) is 13.7. The molecule has 2 N–H and O–H groups in total. The zero-order valence-electron chi connectivity index (χ0n) is 19.6. The van der Waals surface area contributed by atoms with Gasteiger partial charge in [-0.25, -0.2) is 4.79 Å². The minimum absolute atomic E-state index is 0.00565. The number of carbonyl (C=O) groups excluding carboxylic acids is 2. The Morgan fingerprint density at radius 3 is 2.40 bits per heavy atom. The summed E-state index contributed by atoms with van der Waals surface area (Å²) in [5.74, 6) is -1.51. The van der Waals surface area contributed by atoms with Crippen LogP contribution in [0.5, 0.6) is 5.75 Å². The third-order valence-electron chi connectivity index (χ3n) is 5.98. The van der Waals surface area contributed by atoms with E-state index in [9.17, 15) is 19.5 Å². The van der Waals surface area contributed by atoms with Gasteiger partial charge in [-0.05, 0) is 92.7 Å². The van der Waals surface area contributed by atoms with Crippen LogP contribution in [-0.2, 0) is 9.59 Å². The molecule has 0 spiro atoms. The molecule has 0 radical (unpaired) electrons. The molecule has 35 heavy (non-hydrogen) atoms. The molecule has 0 atom stereocenters. The zero-order valence-corrected chi connectivity index (χ0v) is 20.4. The van der Waals surface area contributed by atoms with Gasteiger partial charge in [-0.2, -0.15) is 0 Å². The number of carboxylic acid groups (broad SMARTS) is 1. The molecule has 2 aromatic carbocycles. The number of nitrogens with one attached hydrogen (secondary N) is 1. The van der Waals surface area contributed by atoms with E-state index in [0.717, 1.165) is 11.4 Å². The summed E-state index contributed by atoms with van der Waals surface area (Å²) in [5.41, 5.74) is 4.21. The Hall–Kier alpha value is -4.24. The summed E-state index contributed by atoms with van der Waals surface area (Å²) in [5, 5.41) is 12.1. The van der Waals surface area contributed by atoms with Crippen molar-refractivity contribution in [1.29, 1.82) is 0 Å². The lowest BCUT2D eigenvalue weighted by Crippen LogP contribution is -2.54. The van der Waals surface area contributed by atoms with Crippen LogP contribution >= 0.6 is 12.2 Å². The Morgan fingerprint density at radius 2 is 1.77 bits per heavy atom. The highest BCUT2D eigenvalue weighted by Gasteiger charge is 2.34. The van der Waals surface area contributed by atoms with Crippen LogP contribution in [0.3, 0.4) is 0 Å². The highest BCUT2D eigenvalue weighted by Crippen LogP contribution is 2.28. The second kappa shape index (κ2) is 9.19. The smallest absolute Gasteiger partial charge is 0.336 e. The van der Waals surface area contributed by atoms with Crippen LogP contribution in [0.25, 0.3) is 11.8 Å². The fourth-order valence-electron chi connectivity index (χ4n) is 4.18. The van der Waals surface area contributed by atoms with E-state index in [0.29, 0.717) is 28.3 Å². The first-order valence-electron chi connectivity index (χ1n) is 10.7. The fourth-order valence-corrected chi connectivity index (χ4v) is 4.46. The number of hydrogen-bond acceptors (Lipinski definition) is 5. The van der Waals surface area contributed by atoms with Gasteiger partial charge in [0.1, 0.15) is 11.3 Å². The predicted octanol–water partition coefficient (Wildman–Crippen LogP) is 3.94. The molecule has 1 aromatic heterocycles. The molecule has 2 amide bonds. The lowest BCUT2D eigenvalue weighted by molar-refractivity contribution is -0.122. The average molecular weight is 490 g/mol. The van der Waals surface area contributed by atoms with E-state index < -0.39 is 17.8 Å². The third-order valence-corrected chi connectivity index (χ3v) is 6.26. The molecule has 9 heteroatoms. The van der Waals surface area contributed by atoms with Gasteiger partial charge >= 0.3 is 5.97 Å².